The van der Waals surface area contributed by atoms with Crippen molar-refractivity contribution in [3.63, 3.8) is 0 Å². The highest BCUT2D eigenvalue weighted by atomic mass is 16.3. The van der Waals surface area contributed by atoms with Crippen LogP contribution in [0.1, 0.15) is 5.82 Å². The summed E-state index contributed by atoms with van der Waals surface area (Å²) in [5.74, 6) is 1.00. The van der Waals surface area contributed by atoms with Crippen LogP contribution in [0.4, 0.5) is 0 Å². The molecule has 0 N–H and O–H groups in total. The smallest absolute Gasteiger partial charge is 0.236 e. The number of para-hydroxylation sites is 3. The van der Waals surface area contributed by atoms with Gasteiger partial charge < -0.3 is 13.6 Å². The maximum Gasteiger partial charge on any atom is 0.236 e. The Morgan fingerprint density at radius 2 is 0.887 bits per heavy atom. The van der Waals surface area contributed by atoms with Gasteiger partial charge in [0.25, 0.3) is 0 Å². The van der Waals surface area contributed by atoms with E-state index in [1.54, 1.807) is 0 Å². The van der Waals surface area contributed by atoms with E-state index in [0.717, 1.165) is 88.1 Å². The summed E-state index contributed by atoms with van der Waals surface area (Å²) in [7, 11) is 0. The van der Waals surface area contributed by atoms with Crippen molar-refractivity contribution in [2.24, 2.45) is 0 Å². The molecule has 7 heteroatoms. The highest BCUT2D eigenvalue weighted by Gasteiger charge is 2.22. The van der Waals surface area contributed by atoms with E-state index in [2.05, 4.69) is 134 Å². The molecule has 0 spiro atoms. The zero-order valence-corrected chi connectivity index (χ0v) is 28.1. The minimum Gasteiger partial charge on any atom is -0.455 e. The molecule has 246 valence electrons. The number of hydrogen-bond acceptors (Lipinski definition) is 5. The zero-order chi connectivity index (χ0) is 35.0. The fourth-order valence-electron chi connectivity index (χ4n) is 7.96. The van der Waals surface area contributed by atoms with Gasteiger partial charge in [0.1, 0.15) is 17.2 Å². The largest absolute Gasteiger partial charge is 0.455 e. The lowest BCUT2D eigenvalue weighted by molar-refractivity contribution is 0.677. The molecule has 0 aliphatic carbocycles. The Balaban J connectivity index is 1.11. The average molecular weight is 679 g/mol. The number of nitrogens with zero attached hydrogens (tertiary/aromatic N) is 6. The van der Waals surface area contributed by atoms with Gasteiger partial charge in [0, 0.05) is 44.0 Å². The lowest BCUT2D eigenvalue weighted by Gasteiger charge is -2.09. The van der Waals surface area contributed by atoms with Crippen molar-refractivity contribution in [3.05, 3.63) is 164 Å². The first kappa shape index (κ1) is 29.2. The predicted octanol–water partition coefficient (Wildman–Crippen LogP) is 11.2. The molecule has 0 aliphatic heterocycles. The molecule has 11 aromatic rings. The first-order chi connectivity index (χ1) is 26.2. The van der Waals surface area contributed by atoms with Crippen molar-refractivity contribution < 1.29 is 4.42 Å². The Morgan fingerprint density at radius 3 is 1.43 bits per heavy atom. The molecular weight excluding hydrogens is 653 g/mol. The third-order valence-electron chi connectivity index (χ3n) is 10.2. The third kappa shape index (κ3) is 4.30. The Labute approximate surface area is 302 Å². The average Bonchev–Trinajstić information content (AvgIpc) is 3.89. The molecule has 11 rings (SSSR count). The molecule has 0 unspecified atom stereocenters. The van der Waals surface area contributed by atoms with Crippen LogP contribution in [0.25, 0.3) is 99.7 Å². The quantitative estimate of drug-likeness (QED) is 0.185. The molecular formula is C46H26N6O. The molecule has 0 atom stereocenters. The zero-order valence-electron chi connectivity index (χ0n) is 28.1. The summed E-state index contributed by atoms with van der Waals surface area (Å²) >= 11 is 0. The Hall–Kier alpha value is -7.56. The number of fused-ring (bicyclic) bond motifs is 11. The van der Waals surface area contributed by atoms with E-state index in [1.807, 2.05) is 48.5 Å². The number of nitriles is 1. The molecule has 53 heavy (non-hydrogen) atoms. The summed E-state index contributed by atoms with van der Waals surface area (Å²) in [6, 6.07) is 56.3. The van der Waals surface area contributed by atoms with Gasteiger partial charge in [0.2, 0.25) is 5.82 Å². The summed E-state index contributed by atoms with van der Waals surface area (Å²) < 4.78 is 11.7. The van der Waals surface area contributed by atoms with E-state index in [4.69, 9.17) is 9.40 Å². The topological polar surface area (TPSA) is 85.5 Å². The van der Waals surface area contributed by atoms with Crippen LogP contribution in [0.3, 0.4) is 0 Å². The third-order valence-corrected chi connectivity index (χ3v) is 10.2. The van der Waals surface area contributed by atoms with E-state index < -0.39 is 0 Å². The monoisotopic (exact) mass is 678 g/mol. The van der Waals surface area contributed by atoms with Gasteiger partial charge >= 0.3 is 0 Å². The Bertz CT molecular complexity index is 3280. The molecule has 0 fully saturated rings. The van der Waals surface area contributed by atoms with E-state index in [1.165, 1.54) is 0 Å². The van der Waals surface area contributed by atoms with Crippen LogP contribution in [-0.2, 0) is 0 Å². The van der Waals surface area contributed by atoms with Gasteiger partial charge in [-0.05, 0) is 72.8 Å². The Morgan fingerprint density at radius 1 is 0.415 bits per heavy atom. The van der Waals surface area contributed by atoms with Crippen LogP contribution in [-0.4, -0.2) is 24.1 Å². The van der Waals surface area contributed by atoms with E-state index >= 15 is 0 Å². The minimum atomic E-state index is 0.0806. The van der Waals surface area contributed by atoms with Gasteiger partial charge in [0.15, 0.2) is 11.6 Å². The van der Waals surface area contributed by atoms with E-state index in [-0.39, 0.29) is 5.82 Å². The number of aromatic nitrogens is 5. The molecule has 4 heterocycles. The molecule has 0 saturated heterocycles. The molecule has 0 amide bonds. The second-order valence-electron chi connectivity index (χ2n) is 13.1. The standard InChI is InChI=1S/C46H26N6O/c47-27-40-48-45(28-11-3-1-4-12-28)50-46(49-40)29-19-21-31(22-20-29)52-37-18-10-8-16-35(37)42-39(52)26-24-33-32-23-25-38-41(43(32)53-44(33)42)34-15-7-9-17-36(34)51(38)30-13-5-2-6-14-30/h1-26H. The van der Waals surface area contributed by atoms with E-state index in [9.17, 15) is 5.26 Å². The van der Waals surface area contributed by atoms with Gasteiger partial charge in [-0.1, -0.05) is 84.9 Å². The number of hydrogen-bond donors (Lipinski definition) is 0. The number of furan rings is 1. The lowest BCUT2D eigenvalue weighted by Crippen LogP contribution is -2.00. The fourth-order valence-corrected chi connectivity index (χ4v) is 7.96. The van der Waals surface area contributed by atoms with Gasteiger partial charge in [-0.25, -0.2) is 4.98 Å². The molecule has 0 bridgehead atoms. The van der Waals surface area contributed by atoms with Gasteiger partial charge in [0.05, 0.1) is 32.8 Å². The number of benzene rings is 7. The molecule has 0 radical (unpaired) electrons. The van der Waals surface area contributed by atoms with Crippen molar-refractivity contribution in [2.45, 2.75) is 0 Å². The van der Waals surface area contributed by atoms with Crippen molar-refractivity contribution in [2.75, 3.05) is 0 Å². The maximum absolute atomic E-state index is 9.70. The molecule has 7 nitrogen and oxygen atoms in total. The summed E-state index contributed by atoms with van der Waals surface area (Å²) in [6.45, 7) is 0. The van der Waals surface area contributed by atoms with Gasteiger partial charge in [-0.15, -0.1) is 0 Å². The van der Waals surface area contributed by atoms with Gasteiger partial charge in [-0.3, -0.25) is 0 Å². The lowest BCUT2D eigenvalue weighted by atomic mass is 10.1. The van der Waals surface area contributed by atoms with Crippen molar-refractivity contribution in [1.29, 1.82) is 5.26 Å². The fraction of sp³-hybridized carbons (Fsp3) is 0. The summed E-state index contributed by atoms with van der Waals surface area (Å²) in [5.41, 5.74) is 9.86. The summed E-state index contributed by atoms with van der Waals surface area (Å²) in [6.07, 6.45) is 0. The van der Waals surface area contributed by atoms with Crippen LogP contribution in [0.2, 0.25) is 0 Å². The van der Waals surface area contributed by atoms with Crippen LogP contribution in [0.5, 0.6) is 0 Å². The summed E-state index contributed by atoms with van der Waals surface area (Å²) in [5, 5.41) is 16.3. The normalized spacial score (nSPS) is 11.8. The first-order valence-electron chi connectivity index (χ1n) is 17.4. The highest BCUT2D eigenvalue weighted by Crippen LogP contribution is 2.44. The molecule has 7 aromatic carbocycles. The summed E-state index contributed by atoms with van der Waals surface area (Å²) in [4.78, 5) is 13.5. The Kier molecular flexibility index (Phi) is 6.18. The van der Waals surface area contributed by atoms with Crippen LogP contribution in [0, 0.1) is 11.3 Å². The van der Waals surface area contributed by atoms with Crippen molar-refractivity contribution >= 4 is 65.6 Å². The highest BCUT2D eigenvalue weighted by molar-refractivity contribution is 6.29. The van der Waals surface area contributed by atoms with Crippen LogP contribution in [0.15, 0.2) is 162 Å². The van der Waals surface area contributed by atoms with Gasteiger partial charge in [-0.2, -0.15) is 15.2 Å². The molecule has 0 saturated carbocycles. The number of rotatable bonds is 4. The van der Waals surface area contributed by atoms with Crippen LogP contribution < -0.4 is 0 Å². The molecule has 0 aliphatic rings. The second kappa shape index (κ2) is 11.2. The predicted molar refractivity (Wildman–Crippen MR) is 211 cm³/mol. The van der Waals surface area contributed by atoms with E-state index in [0.29, 0.717) is 11.6 Å². The van der Waals surface area contributed by atoms with Crippen LogP contribution >= 0.6 is 0 Å². The van der Waals surface area contributed by atoms with Crippen molar-refractivity contribution in [3.8, 4) is 40.2 Å². The second-order valence-corrected chi connectivity index (χ2v) is 13.1. The minimum absolute atomic E-state index is 0.0806. The first-order valence-corrected chi connectivity index (χ1v) is 17.4. The molecule has 4 aromatic heterocycles. The van der Waals surface area contributed by atoms with Crippen molar-refractivity contribution in [1.82, 2.24) is 24.1 Å². The SMILES string of the molecule is N#Cc1nc(-c2ccccc2)nc(-c2ccc(-n3c4ccccc4c4c5oc6c(ccc7c6c6ccccc6n7-c6ccccc6)c5ccc43)cc2)n1. The maximum atomic E-state index is 9.70.